The number of carbonyl (C=O) groups is 2. The molecule has 12 nitrogen and oxygen atoms in total. The maximum Gasteiger partial charge on any atom is 0.305 e. The van der Waals surface area contributed by atoms with Gasteiger partial charge in [0.25, 0.3) is 0 Å². The number of hydrogen-bond donors (Lipinski definition) is 1. The van der Waals surface area contributed by atoms with Gasteiger partial charge in [0.1, 0.15) is 19.0 Å². The number of benzene rings is 1. The average molecular weight is 630 g/mol. The van der Waals surface area contributed by atoms with Crippen molar-refractivity contribution < 1.29 is 52.2 Å². The molecule has 1 amide bonds. The van der Waals surface area contributed by atoms with Crippen molar-refractivity contribution in [1.29, 1.82) is 0 Å². The van der Waals surface area contributed by atoms with Crippen LogP contribution in [0.4, 0.5) is 5.69 Å². The molecule has 0 radical (unpaired) electrons. The van der Waals surface area contributed by atoms with Crippen LogP contribution in [0.25, 0.3) is 0 Å². The van der Waals surface area contributed by atoms with Gasteiger partial charge in [-0.15, -0.1) is 0 Å². The molecule has 0 aromatic heterocycles. The Kier molecular flexibility index (Phi) is 27.7. The molecule has 44 heavy (non-hydrogen) atoms. The van der Waals surface area contributed by atoms with E-state index in [0.29, 0.717) is 111 Å². The first-order valence-corrected chi connectivity index (χ1v) is 15.8. The van der Waals surface area contributed by atoms with Crippen LogP contribution in [0.1, 0.15) is 52.4 Å². The minimum absolute atomic E-state index is 0.109. The van der Waals surface area contributed by atoms with Crippen LogP contribution in [-0.2, 0) is 47.5 Å². The van der Waals surface area contributed by atoms with E-state index in [-0.39, 0.29) is 18.5 Å². The Hall–Kier alpha value is -2.32. The van der Waals surface area contributed by atoms with E-state index >= 15 is 0 Å². The largest absolute Gasteiger partial charge is 0.491 e. The van der Waals surface area contributed by atoms with Gasteiger partial charge in [-0.1, -0.05) is 32.6 Å². The quantitative estimate of drug-likeness (QED) is 0.0916. The van der Waals surface area contributed by atoms with Crippen LogP contribution in [0.2, 0.25) is 0 Å². The molecule has 0 spiro atoms. The lowest BCUT2D eigenvalue weighted by Gasteiger charge is -2.09. The summed E-state index contributed by atoms with van der Waals surface area (Å²) in [6.45, 7) is 11.0. The summed E-state index contributed by atoms with van der Waals surface area (Å²) in [4.78, 5) is 22.6. The molecule has 0 atom stereocenters. The van der Waals surface area contributed by atoms with Crippen molar-refractivity contribution in [3.8, 4) is 5.75 Å². The number of carbonyl (C=O) groups excluding carboxylic acids is 2. The van der Waals surface area contributed by atoms with Crippen molar-refractivity contribution in [1.82, 2.24) is 0 Å². The van der Waals surface area contributed by atoms with Gasteiger partial charge in [0.15, 0.2) is 0 Å². The third-order valence-corrected chi connectivity index (χ3v) is 5.88. The van der Waals surface area contributed by atoms with Gasteiger partial charge in [-0.2, -0.15) is 0 Å². The van der Waals surface area contributed by atoms with Crippen molar-refractivity contribution in [3.63, 3.8) is 0 Å². The van der Waals surface area contributed by atoms with Gasteiger partial charge in [0.2, 0.25) is 5.91 Å². The smallest absolute Gasteiger partial charge is 0.305 e. The first kappa shape index (κ1) is 39.7. The molecule has 0 bridgehead atoms. The van der Waals surface area contributed by atoms with E-state index in [1.807, 2.05) is 0 Å². The van der Waals surface area contributed by atoms with Crippen LogP contribution < -0.4 is 10.1 Å². The van der Waals surface area contributed by atoms with Gasteiger partial charge >= 0.3 is 5.97 Å². The molecule has 1 rings (SSSR count). The topological polar surface area (TPSA) is 129 Å². The summed E-state index contributed by atoms with van der Waals surface area (Å²) in [6, 6.07) is 7.17. The number of amides is 1. The molecule has 0 saturated heterocycles. The fourth-order valence-corrected chi connectivity index (χ4v) is 3.64. The Morgan fingerprint density at radius 2 is 0.955 bits per heavy atom. The molecule has 1 aromatic rings. The number of nitrogens with one attached hydrogen (secondary N) is 1. The number of hydrogen-bond acceptors (Lipinski definition) is 11. The maximum absolute atomic E-state index is 11.6. The van der Waals surface area contributed by atoms with Crippen molar-refractivity contribution in [2.75, 3.05) is 111 Å². The lowest BCUT2D eigenvalue weighted by molar-refractivity contribution is -0.145. The molecule has 1 N–H and O–H groups in total. The summed E-state index contributed by atoms with van der Waals surface area (Å²) < 4.78 is 49.0. The molecule has 0 unspecified atom stereocenters. The summed E-state index contributed by atoms with van der Waals surface area (Å²) in [5.41, 5.74) is 0.731. The van der Waals surface area contributed by atoms with Crippen LogP contribution in [-0.4, -0.2) is 118 Å². The van der Waals surface area contributed by atoms with E-state index in [2.05, 4.69) is 12.2 Å². The first-order valence-electron chi connectivity index (χ1n) is 15.8. The highest BCUT2D eigenvalue weighted by Gasteiger charge is 2.02. The highest BCUT2D eigenvalue weighted by atomic mass is 16.6. The number of unbranched alkanes of at least 4 members (excludes halogenated alkanes) is 4. The molecule has 254 valence electrons. The van der Waals surface area contributed by atoms with Crippen molar-refractivity contribution in [2.45, 2.75) is 52.4 Å². The molecule has 0 fully saturated rings. The monoisotopic (exact) mass is 629 g/mol. The van der Waals surface area contributed by atoms with Gasteiger partial charge < -0.3 is 47.9 Å². The van der Waals surface area contributed by atoms with Crippen molar-refractivity contribution >= 4 is 17.6 Å². The Bertz CT molecular complexity index is 795. The normalized spacial score (nSPS) is 11.0. The van der Waals surface area contributed by atoms with Gasteiger partial charge in [0, 0.05) is 19.0 Å². The summed E-state index contributed by atoms with van der Waals surface area (Å²) in [5, 5.41) is 2.71. The second-order valence-corrected chi connectivity index (χ2v) is 9.73. The van der Waals surface area contributed by atoms with Crippen LogP contribution in [0.5, 0.6) is 5.75 Å². The summed E-state index contributed by atoms with van der Waals surface area (Å²) >= 11 is 0. The third kappa shape index (κ3) is 27.2. The van der Waals surface area contributed by atoms with Gasteiger partial charge in [-0.25, -0.2) is 0 Å². The Morgan fingerprint density at radius 3 is 1.39 bits per heavy atom. The zero-order valence-electron chi connectivity index (χ0n) is 26.9. The molecular formula is C32H55NO11. The van der Waals surface area contributed by atoms with E-state index < -0.39 is 0 Å². The molecule has 12 heteroatoms. The second kappa shape index (κ2) is 30.7. The molecule has 0 aliphatic rings. The summed E-state index contributed by atoms with van der Waals surface area (Å²) in [7, 11) is 0. The zero-order valence-corrected chi connectivity index (χ0v) is 26.9. The van der Waals surface area contributed by atoms with Gasteiger partial charge in [-0.05, 0) is 30.7 Å². The first-order chi connectivity index (χ1) is 21.6. The molecule has 0 aliphatic carbocycles. The molecule has 0 saturated carbocycles. The average Bonchev–Trinajstić information content (AvgIpc) is 3.01. The van der Waals surface area contributed by atoms with Gasteiger partial charge in [0.05, 0.1) is 92.5 Å². The van der Waals surface area contributed by atoms with Crippen LogP contribution in [0.15, 0.2) is 24.3 Å². The van der Waals surface area contributed by atoms with E-state index in [1.165, 1.54) is 26.2 Å². The third-order valence-electron chi connectivity index (χ3n) is 5.88. The Morgan fingerprint density at radius 1 is 0.545 bits per heavy atom. The SMILES string of the molecule is CCCCCCCC(=O)OCCOCCOCCOCCOCCOCCOCCOCCOc1ccc(NC(C)=O)cc1. The molecule has 0 heterocycles. The van der Waals surface area contributed by atoms with Crippen LogP contribution in [0.3, 0.4) is 0 Å². The van der Waals surface area contributed by atoms with E-state index in [4.69, 9.17) is 42.6 Å². The molecule has 0 aliphatic heterocycles. The Labute approximate surface area is 263 Å². The van der Waals surface area contributed by atoms with Crippen LogP contribution in [0, 0.1) is 0 Å². The second-order valence-electron chi connectivity index (χ2n) is 9.73. The van der Waals surface area contributed by atoms with E-state index in [0.717, 1.165) is 18.5 Å². The fraction of sp³-hybridized carbons (Fsp3) is 0.750. The highest BCUT2D eigenvalue weighted by molar-refractivity contribution is 5.88. The van der Waals surface area contributed by atoms with E-state index in [1.54, 1.807) is 24.3 Å². The number of ether oxygens (including phenoxy) is 9. The lowest BCUT2D eigenvalue weighted by Crippen LogP contribution is -2.15. The summed E-state index contributed by atoms with van der Waals surface area (Å²) in [5.74, 6) is 0.457. The fourth-order valence-electron chi connectivity index (χ4n) is 3.64. The predicted octanol–water partition coefficient (Wildman–Crippen LogP) is 4.04. The van der Waals surface area contributed by atoms with Crippen LogP contribution >= 0.6 is 0 Å². The minimum Gasteiger partial charge on any atom is -0.491 e. The minimum atomic E-state index is -0.150. The van der Waals surface area contributed by atoms with E-state index in [9.17, 15) is 9.59 Å². The molecule has 1 aromatic carbocycles. The zero-order chi connectivity index (χ0) is 31.8. The Balaban J connectivity index is 1.70. The lowest BCUT2D eigenvalue weighted by atomic mass is 10.1. The number of esters is 1. The molecular weight excluding hydrogens is 574 g/mol. The number of anilines is 1. The van der Waals surface area contributed by atoms with Crippen molar-refractivity contribution in [3.05, 3.63) is 24.3 Å². The van der Waals surface area contributed by atoms with Crippen molar-refractivity contribution in [2.24, 2.45) is 0 Å². The predicted molar refractivity (Wildman–Crippen MR) is 166 cm³/mol. The highest BCUT2D eigenvalue weighted by Crippen LogP contribution is 2.15. The van der Waals surface area contributed by atoms with Gasteiger partial charge in [-0.3, -0.25) is 9.59 Å². The summed E-state index contributed by atoms with van der Waals surface area (Å²) in [6.07, 6.45) is 6.06. The maximum atomic E-state index is 11.6. The number of rotatable bonds is 32. The standard InChI is InChI=1S/C32H55NO11/c1-3-4-5-6-7-8-32(35)44-28-26-42-24-22-40-20-18-38-16-14-36-13-15-37-17-19-39-21-23-41-25-27-43-31-11-9-30(10-12-31)33-29(2)34/h9-12H,3-8,13-28H2,1-2H3,(H,33,34).